The summed E-state index contributed by atoms with van der Waals surface area (Å²) in [5.41, 5.74) is 1.05. The third kappa shape index (κ3) is 1.45. The Balaban J connectivity index is 2.19. The van der Waals surface area contributed by atoms with Crippen LogP contribution in [-0.4, -0.2) is 9.78 Å². The minimum Gasteiger partial charge on any atom is -0.275 e. The average molecular weight is 214 g/mol. The molecule has 0 spiro atoms. The number of benzene rings is 1. The second-order valence-corrected chi connectivity index (χ2v) is 4.61. The summed E-state index contributed by atoms with van der Waals surface area (Å²) in [6.07, 6.45) is 1.97. The Kier molecular flexibility index (Phi) is 1.86. The molecular weight excluding hydrogens is 204 g/mol. The van der Waals surface area contributed by atoms with Crippen molar-refractivity contribution in [2.45, 2.75) is 0 Å². The molecular formula is C12H10N2S. The fraction of sp³-hybridized carbons (Fsp3) is 0.0833. The van der Waals surface area contributed by atoms with Gasteiger partial charge in [0.25, 0.3) is 0 Å². The van der Waals surface area contributed by atoms with E-state index in [1.165, 1.54) is 15.0 Å². The minimum atomic E-state index is 1.05. The van der Waals surface area contributed by atoms with Gasteiger partial charge in [0.05, 0.1) is 4.88 Å². The van der Waals surface area contributed by atoms with Crippen LogP contribution >= 0.6 is 11.3 Å². The fourth-order valence-electron chi connectivity index (χ4n) is 1.65. The molecule has 0 aliphatic rings. The highest BCUT2D eigenvalue weighted by atomic mass is 32.1. The molecule has 0 radical (unpaired) electrons. The van der Waals surface area contributed by atoms with Gasteiger partial charge in [0.15, 0.2) is 0 Å². The van der Waals surface area contributed by atoms with Gasteiger partial charge in [0.2, 0.25) is 0 Å². The molecule has 0 saturated carbocycles. The summed E-state index contributed by atoms with van der Waals surface area (Å²) in [5.74, 6) is 0. The van der Waals surface area contributed by atoms with Crippen LogP contribution in [0.1, 0.15) is 0 Å². The normalized spacial score (nSPS) is 11.0. The fourth-order valence-corrected chi connectivity index (χ4v) is 2.68. The molecule has 74 valence electrons. The lowest BCUT2D eigenvalue weighted by Gasteiger charge is -1.87. The predicted octanol–water partition coefficient (Wildman–Crippen LogP) is 3.30. The van der Waals surface area contributed by atoms with E-state index >= 15 is 0 Å². The van der Waals surface area contributed by atoms with Crippen molar-refractivity contribution in [3.05, 3.63) is 42.6 Å². The number of fused-ring (bicyclic) bond motifs is 1. The Hall–Kier alpha value is -1.61. The largest absolute Gasteiger partial charge is 0.275 e. The van der Waals surface area contributed by atoms with Crippen molar-refractivity contribution in [1.29, 1.82) is 0 Å². The standard InChI is InChI=1S/C12H10N2S/c1-14-7-6-10(13-14)12-8-9-4-2-3-5-11(9)15-12/h2-8H,1H3. The quantitative estimate of drug-likeness (QED) is 0.607. The molecule has 2 nitrogen and oxygen atoms in total. The number of hydrogen-bond acceptors (Lipinski definition) is 2. The maximum absolute atomic E-state index is 4.40. The van der Waals surface area contributed by atoms with Gasteiger partial charge in [0.1, 0.15) is 5.69 Å². The van der Waals surface area contributed by atoms with E-state index in [9.17, 15) is 0 Å². The Morgan fingerprint density at radius 2 is 2.07 bits per heavy atom. The van der Waals surface area contributed by atoms with E-state index in [-0.39, 0.29) is 0 Å². The SMILES string of the molecule is Cn1ccc(-c2cc3ccccc3s2)n1. The van der Waals surface area contributed by atoms with Crippen LogP contribution < -0.4 is 0 Å². The van der Waals surface area contributed by atoms with Gasteiger partial charge in [-0.1, -0.05) is 18.2 Å². The molecule has 3 heteroatoms. The van der Waals surface area contributed by atoms with E-state index in [1.807, 2.05) is 24.0 Å². The maximum Gasteiger partial charge on any atom is 0.102 e. The van der Waals surface area contributed by atoms with Gasteiger partial charge in [-0.25, -0.2) is 0 Å². The molecule has 2 heterocycles. The molecule has 0 saturated heterocycles. The van der Waals surface area contributed by atoms with E-state index in [2.05, 4.69) is 35.4 Å². The lowest BCUT2D eigenvalue weighted by molar-refractivity contribution is 0.771. The zero-order valence-corrected chi connectivity index (χ0v) is 9.16. The molecule has 0 atom stereocenters. The van der Waals surface area contributed by atoms with Crippen molar-refractivity contribution >= 4 is 21.4 Å². The van der Waals surface area contributed by atoms with Crippen LogP contribution in [0.15, 0.2) is 42.6 Å². The van der Waals surface area contributed by atoms with Crippen molar-refractivity contribution in [2.75, 3.05) is 0 Å². The molecule has 0 aliphatic carbocycles. The second-order valence-electron chi connectivity index (χ2n) is 3.52. The van der Waals surface area contributed by atoms with Gasteiger partial charge >= 0.3 is 0 Å². The van der Waals surface area contributed by atoms with E-state index in [0.717, 1.165) is 5.69 Å². The van der Waals surface area contributed by atoms with Crippen LogP contribution in [0.5, 0.6) is 0 Å². The molecule has 3 aromatic rings. The Morgan fingerprint density at radius 3 is 2.80 bits per heavy atom. The van der Waals surface area contributed by atoms with Crippen molar-refractivity contribution in [3.8, 4) is 10.6 Å². The van der Waals surface area contributed by atoms with E-state index in [1.54, 1.807) is 11.3 Å². The third-order valence-electron chi connectivity index (χ3n) is 2.39. The van der Waals surface area contributed by atoms with Gasteiger partial charge in [-0.15, -0.1) is 11.3 Å². The van der Waals surface area contributed by atoms with Gasteiger partial charge < -0.3 is 0 Å². The minimum absolute atomic E-state index is 1.05. The van der Waals surface area contributed by atoms with Crippen molar-refractivity contribution in [1.82, 2.24) is 9.78 Å². The molecule has 0 unspecified atom stereocenters. The topological polar surface area (TPSA) is 17.8 Å². The Morgan fingerprint density at radius 1 is 1.20 bits per heavy atom. The first-order chi connectivity index (χ1) is 7.33. The predicted molar refractivity (Wildman–Crippen MR) is 64.0 cm³/mol. The van der Waals surface area contributed by atoms with E-state index in [4.69, 9.17) is 0 Å². The van der Waals surface area contributed by atoms with Crippen LogP contribution in [0, 0.1) is 0 Å². The molecule has 1 aromatic carbocycles. The number of hydrogen-bond donors (Lipinski definition) is 0. The maximum atomic E-state index is 4.40. The molecule has 0 amide bonds. The first kappa shape index (κ1) is 8.68. The highest BCUT2D eigenvalue weighted by Gasteiger charge is 2.05. The number of thiophene rings is 1. The van der Waals surface area contributed by atoms with Gasteiger partial charge in [-0.05, 0) is 23.6 Å². The molecule has 0 N–H and O–H groups in total. The number of nitrogens with zero attached hydrogens (tertiary/aromatic N) is 2. The Labute approximate surface area is 91.8 Å². The summed E-state index contributed by atoms with van der Waals surface area (Å²) in [6, 6.07) is 12.7. The monoisotopic (exact) mass is 214 g/mol. The molecule has 2 aromatic heterocycles. The summed E-state index contributed by atoms with van der Waals surface area (Å²) in [6.45, 7) is 0. The highest BCUT2D eigenvalue weighted by molar-refractivity contribution is 7.22. The molecule has 15 heavy (non-hydrogen) atoms. The molecule has 3 rings (SSSR count). The lowest BCUT2D eigenvalue weighted by atomic mass is 10.2. The first-order valence-corrected chi connectivity index (χ1v) is 5.63. The summed E-state index contributed by atoms with van der Waals surface area (Å²) in [4.78, 5) is 1.23. The van der Waals surface area contributed by atoms with Gasteiger partial charge in [-0.2, -0.15) is 5.10 Å². The van der Waals surface area contributed by atoms with Gasteiger partial charge in [0, 0.05) is 17.9 Å². The summed E-state index contributed by atoms with van der Waals surface area (Å²) >= 11 is 1.79. The third-order valence-corrected chi connectivity index (χ3v) is 3.53. The molecule has 0 bridgehead atoms. The van der Waals surface area contributed by atoms with Crippen molar-refractivity contribution in [2.24, 2.45) is 7.05 Å². The average Bonchev–Trinajstić information content (AvgIpc) is 2.82. The number of aryl methyl sites for hydroxylation is 1. The molecule has 0 fully saturated rings. The zero-order chi connectivity index (χ0) is 10.3. The van der Waals surface area contributed by atoms with Gasteiger partial charge in [-0.3, -0.25) is 4.68 Å². The Bertz CT molecular complexity index is 574. The number of aromatic nitrogens is 2. The first-order valence-electron chi connectivity index (χ1n) is 4.81. The van der Waals surface area contributed by atoms with Crippen LogP contribution in [0.25, 0.3) is 20.7 Å². The van der Waals surface area contributed by atoms with Crippen LogP contribution in [0.4, 0.5) is 0 Å². The van der Waals surface area contributed by atoms with Crippen LogP contribution in [0.3, 0.4) is 0 Å². The summed E-state index contributed by atoms with van der Waals surface area (Å²) < 4.78 is 3.15. The summed E-state index contributed by atoms with van der Waals surface area (Å²) in [5, 5.41) is 5.70. The van der Waals surface area contributed by atoms with E-state index < -0.39 is 0 Å². The smallest absolute Gasteiger partial charge is 0.102 e. The highest BCUT2D eigenvalue weighted by Crippen LogP contribution is 2.32. The zero-order valence-electron chi connectivity index (χ0n) is 8.34. The number of rotatable bonds is 1. The second kappa shape index (κ2) is 3.21. The van der Waals surface area contributed by atoms with Crippen molar-refractivity contribution < 1.29 is 0 Å². The van der Waals surface area contributed by atoms with Crippen LogP contribution in [-0.2, 0) is 7.05 Å². The molecule has 0 aliphatic heterocycles. The van der Waals surface area contributed by atoms with Crippen molar-refractivity contribution in [3.63, 3.8) is 0 Å². The summed E-state index contributed by atoms with van der Waals surface area (Å²) in [7, 11) is 1.94. The lowest BCUT2D eigenvalue weighted by Crippen LogP contribution is -1.86. The van der Waals surface area contributed by atoms with Crippen LogP contribution in [0.2, 0.25) is 0 Å². The van der Waals surface area contributed by atoms with E-state index in [0.29, 0.717) is 0 Å².